The summed E-state index contributed by atoms with van der Waals surface area (Å²) in [6.07, 6.45) is 0. The van der Waals surface area contributed by atoms with E-state index in [1.807, 2.05) is 19.9 Å². The molecule has 0 bridgehead atoms. The summed E-state index contributed by atoms with van der Waals surface area (Å²) in [5, 5.41) is 0. The second kappa shape index (κ2) is 6.76. The van der Waals surface area contributed by atoms with Crippen LogP contribution in [0.2, 0.25) is 0 Å². The van der Waals surface area contributed by atoms with Crippen LogP contribution in [-0.4, -0.2) is 38.9 Å². The van der Waals surface area contributed by atoms with Crippen LogP contribution in [0.1, 0.15) is 22.8 Å². The summed E-state index contributed by atoms with van der Waals surface area (Å²) in [5.41, 5.74) is 1.55. The smallest absolute Gasteiger partial charge is 0.261 e. The van der Waals surface area contributed by atoms with E-state index in [0.717, 1.165) is 5.56 Å². The second-order valence-corrected chi connectivity index (χ2v) is 7.55. The van der Waals surface area contributed by atoms with Gasteiger partial charge in [0, 0.05) is 12.2 Å². The molecule has 132 valence electrons. The molecule has 0 aromatic heterocycles. The Kier molecular flexibility index (Phi) is 4.67. The predicted molar refractivity (Wildman–Crippen MR) is 95.5 cm³/mol. The van der Waals surface area contributed by atoms with Gasteiger partial charge in [0.25, 0.3) is 15.9 Å². The Morgan fingerprint density at radius 1 is 1.20 bits per heavy atom. The third kappa shape index (κ3) is 3.61. The molecule has 0 atom stereocenters. The van der Waals surface area contributed by atoms with E-state index in [0.29, 0.717) is 36.7 Å². The highest BCUT2D eigenvalue weighted by molar-refractivity contribution is 7.92. The molecule has 2 aromatic rings. The van der Waals surface area contributed by atoms with Crippen LogP contribution >= 0.6 is 0 Å². The van der Waals surface area contributed by atoms with Gasteiger partial charge in [0.15, 0.2) is 0 Å². The monoisotopic (exact) mass is 360 g/mol. The Morgan fingerprint density at radius 3 is 2.72 bits per heavy atom. The zero-order valence-corrected chi connectivity index (χ0v) is 15.0. The summed E-state index contributed by atoms with van der Waals surface area (Å²) in [6, 6.07) is 11.4. The van der Waals surface area contributed by atoms with Crippen molar-refractivity contribution in [1.82, 2.24) is 4.90 Å². The molecule has 2 aromatic carbocycles. The van der Waals surface area contributed by atoms with Crippen molar-refractivity contribution in [2.45, 2.75) is 18.7 Å². The lowest BCUT2D eigenvalue weighted by Gasteiger charge is -2.17. The number of carbonyl (C=O) groups is 1. The Balaban J connectivity index is 1.93. The molecule has 0 saturated carbocycles. The maximum absolute atomic E-state index is 12.6. The number of rotatable bonds is 4. The van der Waals surface area contributed by atoms with Crippen LogP contribution in [0.4, 0.5) is 5.69 Å². The lowest BCUT2D eigenvalue weighted by Crippen LogP contribution is -2.32. The van der Waals surface area contributed by atoms with E-state index in [-0.39, 0.29) is 10.8 Å². The standard InChI is InChI=1S/C18H20N2O4S/c1-3-20-9-10-24-17-8-7-14(12-16(17)18(20)21)19-25(22,23)15-6-4-5-13(2)11-15/h4-8,11-12,19H,3,9-10H2,1-2H3. The van der Waals surface area contributed by atoms with Crippen molar-refractivity contribution in [3.63, 3.8) is 0 Å². The summed E-state index contributed by atoms with van der Waals surface area (Å²) >= 11 is 0. The number of ether oxygens (including phenoxy) is 1. The van der Waals surface area contributed by atoms with E-state index < -0.39 is 10.0 Å². The molecular weight excluding hydrogens is 340 g/mol. The quantitative estimate of drug-likeness (QED) is 0.909. The van der Waals surface area contributed by atoms with Crippen LogP contribution in [0, 0.1) is 6.92 Å². The molecule has 25 heavy (non-hydrogen) atoms. The lowest BCUT2D eigenvalue weighted by molar-refractivity contribution is 0.0765. The minimum absolute atomic E-state index is 0.161. The molecule has 1 heterocycles. The summed E-state index contributed by atoms with van der Waals surface area (Å²) in [7, 11) is -3.72. The highest BCUT2D eigenvalue weighted by Crippen LogP contribution is 2.27. The zero-order chi connectivity index (χ0) is 18.0. The number of hydrogen-bond donors (Lipinski definition) is 1. The number of benzene rings is 2. The molecule has 7 heteroatoms. The van der Waals surface area contributed by atoms with Crippen molar-refractivity contribution in [3.8, 4) is 5.75 Å². The Hall–Kier alpha value is -2.54. The van der Waals surface area contributed by atoms with Gasteiger partial charge in [0.05, 0.1) is 17.0 Å². The number of nitrogens with one attached hydrogen (secondary N) is 1. The molecule has 3 rings (SSSR count). The number of amides is 1. The van der Waals surface area contributed by atoms with Gasteiger partial charge >= 0.3 is 0 Å². The molecule has 1 N–H and O–H groups in total. The van der Waals surface area contributed by atoms with Crippen LogP contribution in [-0.2, 0) is 10.0 Å². The normalized spacial score (nSPS) is 14.5. The number of carbonyl (C=O) groups excluding carboxylic acids is 1. The van der Waals surface area contributed by atoms with Crippen LogP contribution in [0.15, 0.2) is 47.4 Å². The predicted octanol–water partition coefficient (Wildman–Crippen LogP) is 2.65. The van der Waals surface area contributed by atoms with E-state index in [9.17, 15) is 13.2 Å². The van der Waals surface area contributed by atoms with Crippen molar-refractivity contribution in [3.05, 3.63) is 53.6 Å². The summed E-state index contributed by atoms with van der Waals surface area (Å²) < 4.78 is 33.2. The van der Waals surface area contributed by atoms with Gasteiger partial charge in [-0.2, -0.15) is 0 Å². The first kappa shape index (κ1) is 17.3. The highest BCUT2D eigenvalue weighted by atomic mass is 32.2. The van der Waals surface area contributed by atoms with Gasteiger partial charge in [0.2, 0.25) is 0 Å². The minimum atomic E-state index is -3.72. The van der Waals surface area contributed by atoms with Crippen LogP contribution in [0.25, 0.3) is 0 Å². The van der Waals surface area contributed by atoms with Gasteiger partial charge in [-0.15, -0.1) is 0 Å². The van der Waals surface area contributed by atoms with E-state index in [2.05, 4.69) is 4.72 Å². The number of hydrogen-bond acceptors (Lipinski definition) is 4. The summed E-state index contributed by atoms with van der Waals surface area (Å²) in [5.74, 6) is 0.311. The summed E-state index contributed by atoms with van der Waals surface area (Å²) in [6.45, 7) is 5.22. The molecule has 0 aliphatic carbocycles. The first-order valence-corrected chi connectivity index (χ1v) is 9.54. The molecule has 1 aliphatic heterocycles. The summed E-state index contributed by atoms with van der Waals surface area (Å²) in [4.78, 5) is 14.4. The van der Waals surface area contributed by atoms with Crippen molar-refractivity contribution in [1.29, 1.82) is 0 Å². The van der Waals surface area contributed by atoms with E-state index in [4.69, 9.17) is 4.74 Å². The Bertz CT molecular complexity index is 909. The third-order valence-electron chi connectivity index (χ3n) is 4.05. The van der Waals surface area contributed by atoms with Gasteiger partial charge in [-0.05, 0) is 49.7 Å². The molecule has 0 radical (unpaired) electrons. The average Bonchev–Trinajstić information content (AvgIpc) is 2.73. The molecule has 6 nitrogen and oxygen atoms in total. The van der Waals surface area contributed by atoms with Gasteiger partial charge in [-0.1, -0.05) is 12.1 Å². The van der Waals surface area contributed by atoms with Crippen molar-refractivity contribution in [2.75, 3.05) is 24.4 Å². The molecule has 1 amide bonds. The molecule has 0 fully saturated rings. The fourth-order valence-electron chi connectivity index (χ4n) is 2.72. The van der Waals surface area contributed by atoms with Crippen LogP contribution in [0.3, 0.4) is 0 Å². The lowest BCUT2D eigenvalue weighted by atomic mass is 10.1. The minimum Gasteiger partial charge on any atom is -0.491 e. The number of nitrogens with zero attached hydrogens (tertiary/aromatic N) is 1. The average molecular weight is 360 g/mol. The van der Waals surface area contributed by atoms with Crippen molar-refractivity contribution >= 4 is 21.6 Å². The number of sulfonamides is 1. The molecule has 0 spiro atoms. The van der Waals surface area contributed by atoms with E-state index in [1.165, 1.54) is 12.1 Å². The highest BCUT2D eigenvalue weighted by Gasteiger charge is 2.23. The van der Waals surface area contributed by atoms with Gasteiger partial charge in [-0.25, -0.2) is 8.42 Å². The largest absolute Gasteiger partial charge is 0.491 e. The van der Waals surface area contributed by atoms with E-state index in [1.54, 1.807) is 29.2 Å². The maximum atomic E-state index is 12.6. The first-order chi connectivity index (χ1) is 11.9. The van der Waals surface area contributed by atoms with Gasteiger partial charge in [0.1, 0.15) is 12.4 Å². The maximum Gasteiger partial charge on any atom is 0.261 e. The fraction of sp³-hybridized carbons (Fsp3) is 0.278. The van der Waals surface area contributed by atoms with Crippen LogP contribution in [0.5, 0.6) is 5.75 Å². The Labute approximate surface area is 147 Å². The fourth-order valence-corrected chi connectivity index (χ4v) is 3.88. The van der Waals surface area contributed by atoms with Crippen molar-refractivity contribution < 1.29 is 17.9 Å². The number of aryl methyl sites for hydroxylation is 1. The second-order valence-electron chi connectivity index (χ2n) is 5.87. The third-order valence-corrected chi connectivity index (χ3v) is 5.43. The van der Waals surface area contributed by atoms with Gasteiger partial charge < -0.3 is 9.64 Å². The zero-order valence-electron chi connectivity index (χ0n) is 14.2. The molecular formula is C18H20N2O4S. The number of anilines is 1. The molecule has 0 unspecified atom stereocenters. The SMILES string of the molecule is CCN1CCOc2ccc(NS(=O)(=O)c3cccc(C)c3)cc2C1=O. The molecule has 1 aliphatic rings. The Morgan fingerprint density at radius 2 is 2.00 bits per heavy atom. The topological polar surface area (TPSA) is 75.7 Å². The number of likely N-dealkylation sites (N-methyl/N-ethyl adjacent to an activating group) is 1. The van der Waals surface area contributed by atoms with Gasteiger partial charge in [-0.3, -0.25) is 9.52 Å². The van der Waals surface area contributed by atoms with E-state index >= 15 is 0 Å². The first-order valence-electron chi connectivity index (χ1n) is 8.06. The van der Waals surface area contributed by atoms with Crippen molar-refractivity contribution in [2.24, 2.45) is 0 Å². The molecule has 0 saturated heterocycles. The number of fused-ring (bicyclic) bond motifs is 1. The van der Waals surface area contributed by atoms with Crippen LogP contribution < -0.4 is 9.46 Å².